The Morgan fingerprint density at radius 1 is 1.26 bits per heavy atom. The van der Waals surface area contributed by atoms with Gasteiger partial charge in [0.2, 0.25) is 0 Å². The van der Waals surface area contributed by atoms with Crippen molar-refractivity contribution >= 4 is 11.9 Å². The molecule has 126 valence electrons. The van der Waals surface area contributed by atoms with Gasteiger partial charge in [0.15, 0.2) is 0 Å². The van der Waals surface area contributed by atoms with Crippen LogP contribution in [0.4, 0.5) is 0 Å². The lowest BCUT2D eigenvalue weighted by Gasteiger charge is -2.31. The summed E-state index contributed by atoms with van der Waals surface area (Å²) in [5.74, 6) is 0.469. The molecule has 1 fully saturated rings. The molecule has 1 atom stereocenters. The number of benzene rings is 1. The van der Waals surface area contributed by atoms with Crippen LogP contribution in [0.2, 0.25) is 0 Å². The smallest absolute Gasteiger partial charge is 0.310 e. The number of carbonyl (C=O) groups is 2. The van der Waals surface area contributed by atoms with E-state index in [0.717, 1.165) is 12.8 Å². The molecule has 1 heterocycles. The quantitative estimate of drug-likeness (QED) is 0.777. The van der Waals surface area contributed by atoms with Crippen molar-refractivity contribution in [2.75, 3.05) is 33.9 Å². The molecule has 0 spiro atoms. The summed E-state index contributed by atoms with van der Waals surface area (Å²) >= 11 is 0. The largest absolute Gasteiger partial charge is 0.497 e. The molecule has 1 saturated heterocycles. The molecule has 0 bridgehead atoms. The Labute approximate surface area is 136 Å². The summed E-state index contributed by atoms with van der Waals surface area (Å²) in [6, 6.07) is 5.09. The highest BCUT2D eigenvalue weighted by atomic mass is 16.5. The highest BCUT2D eigenvalue weighted by Gasteiger charge is 2.30. The zero-order valence-electron chi connectivity index (χ0n) is 13.8. The van der Waals surface area contributed by atoms with Crippen LogP contribution >= 0.6 is 0 Å². The van der Waals surface area contributed by atoms with E-state index in [0.29, 0.717) is 36.8 Å². The van der Waals surface area contributed by atoms with Gasteiger partial charge in [-0.15, -0.1) is 0 Å². The van der Waals surface area contributed by atoms with Crippen LogP contribution in [0.3, 0.4) is 0 Å². The van der Waals surface area contributed by atoms with E-state index >= 15 is 0 Å². The van der Waals surface area contributed by atoms with Gasteiger partial charge in [-0.3, -0.25) is 9.59 Å². The van der Waals surface area contributed by atoms with Crippen LogP contribution < -0.4 is 9.47 Å². The van der Waals surface area contributed by atoms with Crippen molar-refractivity contribution in [3.05, 3.63) is 23.8 Å². The van der Waals surface area contributed by atoms with E-state index in [-0.39, 0.29) is 17.8 Å². The number of rotatable bonds is 5. The molecular formula is C17H23NO5. The number of likely N-dealkylation sites (tertiary alicyclic amines) is 1. The molecule has 0 aliphatic carbocycles. The highest BCUT2D eigenvalue weighted by molar-refractivity contribution is 5.97. The molecule has 1 aromatic rings. The second-order valence-corrected chi connectivity index (χ2v) is 5.41. The molecule has 1 amide bonds. The van der Waals surface area contributed by atoms with Crippen molar-refractivity contribution in [1.82, 2.24) is 4.90 Å². The third-order valence-electron chi connectivity index (χ3n) is 3.97. The van der Waals surface area contributed by atoms with Crippen molar-refractivity contribution in [3.63, 3.8) is 0 Å². The number of amides is 1. The molecule has 0 N–H and O–H groups in total. The predicted octanol–water partition coefficient (Wildman–Crippen LogP) is 2.12. The van der Waals surface area contributed by atoms with E-state index in [1.807, 2.05) is 0 Å². The van der Waals surface area contributed by atoms with E-state index in [1.165, 1.54) is 7.11 Å². The van der Waals surface area contributed by atoms with Crippen LogP contribution in [-0.2, 0) is 9.53 Å². The van der Waals surface area contributed by atoms with Crippen molar-refractivity contribution in [2.45, 2.75) is 19.8 Å². The minimum atomic E-state index is -0.253. The number of hydrogen-bond donors (Lipinski definition) is 0. The molecule has 0 unspecified atom stereocenters. The third kappa shape index (κ3) is 3.94. The highest BCUT2D eigenvalue weighted by Crippen LogP contribution is 2.27. The first-order valence-corrected chi connectivity index (χ1v) is 7.78. The SMILES string of the molecule is CCOC(=O)[C@@H]1CCCN(C(=O)c2ccc(OC)cc2OC)C1. The van der Waals surface area contributed by atoms with E-state index in [1.54, 1.807) is 37.1 Å². The maximum Gasteiger partial charge on any atom is 0.310 e. The Kier molecular flexibility index (Phi) is 5.84. The Bertz CT molecular complexity index is 572. The minimum Gasteiger partial charge on any atom is -0.497 e. The molecule has 6 heteroatoms. The number of esters is 1. The maximum absolute atomic E-state index is 12.8. The van der Waals surface area contributed by atoms with Gasteiger partial charge >= 0.3 is 5.97 Å². The summed E-state index contributed by atoms with van der Waals surface area (Å²) in [5, 5.41) is 0. The van der Waals surface area contributed by atoms with Crippen LogP contribution in [0.15, 0.2) is 18.2 Å². The Hall–Kier alpha value is -2.24. The number of hydrogen-bond acceptors (Lipinski definition) is 5. The standard InChI is InChI=1S/C17H23NO5/c1-4-23-17(20)12-6-5-9-18(11-12)16(19)14-8-7-13(21-2)10-15(14)22-3/h7-8,10,12H,4-6,9,11H2,1-3H3/t12-/m1/s1. The van der Waals surface area contributed by atoms with Gasteiger partial charge in [-0.1, -0.05) is 0 Å². The number of carbonyl (C=O) groups excluding carboxylic acids is 2. The van der Waals surface area contributed by atoms with Crippen molar-refractivity contribution < 1.29 is 23.8 Å². The van der Waals surface area contributed by atoms with Gasteiger partial charge in [0.1, 0.15) is 11.5 Å². The molecule has 1 aliphatic heterocycles. The van der Waals surface area contributed by atoms with Crippen molar-refractivity contribution in [2.24, 2.45) is 5.92 Å². The second kappa shape index (κ2) is 7.85. The van der Waals surface area contributed by atoms with Crippen LogP contribution in [0, 0.1) is 5.92 Å². The minimum absolute atomic E-state index is 0.140. The fraction of sp³-hybridized carbons (Fsp3) is 0.529. The van der Waals surface area contributed by atoms with Gasteiger partial charge in [-0.2, -0.15) is 0 Å². The van der Waals surface area contributed by atoms with Crippen LogP contribution in [0.25, 0.3) is 0 Å². The average Bonchev–Trinajstić information content (AvgIpc) is 2.60. The molecule has 1 aromatic carbocycles. The lowest BCUT2D eigenvalue weighted by atomic mass is 9.97. The lowest BCUT2D eigenvalue weighted by Crippen LogP contribution is -2.42. The summed E-state index contributed by atoms with van der Waals surface area (Å²) < 4.78 is 15.5. The Balaban J connectivity index is 2.15. The first-order valence-electron chi connectivity index (χ1n) is 7.78. The zero-order valence-corrected chi connectivity index (χ0v) is 13.8. The molecule has 0 radical (unpaired) electrons. The predicted molar refractivity (Wildman–Crippen MR) is 84.8 cm³/mol. The Morgan fingerprint density at radius 3 is 2.70 bits per heavy atom. The van der Waals surface area contributed by atoms with Crippen molar-refractivity contribution in [3.8, 4) is 11.5 Å². The number of methoxy groups -OCH3 is 2. The number of nitrogens with zero attached hydrogens (tertiary/aromatic N) is 1. The van der Waals surface area contributed by atoms with Gasteiger partial charge < -0.3 is 19.1 Å². The maximum atomic E-state index is 12.8. The van der Waals surface area contributed by atoms with E-state index in [9.17, 15) is 9.59 Å². The van der Waals surface area contributed by atoms with Gasteiger partial charge in [-0.05, 0) is 31.9 Å². The van der Waals surface area contributed by atoms with E-state index in [4.69, 9.17) is 14.2 Å². The van der Waals surface area contributed by atoms with Gasteiger partial charge in [0.25, 0.3) is 5.91 Å². The van der Waals surface area contributed by atoms with Crippen LogP contribution in [0.5, 0.6) is 11.5 Å². The van der Waals surface area contributed by atoms with Crippen molar-refractivity contribution in [1.29, 1.82) is 0 Å². The van der Waals surface area contributed by atoms with Crippen LogP contribution in [0.1, 0.15) is 30.1 Å². The first-order chi connectivity index (χ1) is 11.1. The fourth-order valence-electron chi connectivity index (χ4n) is 2.76. The molecule has 6 nitrogen and oxygen atoms in total. The monoisotopic (exact) mass is 321 g/mol. The summed E-state index contributed by atoms with van der Waals surface area (Å²) in [4.78, 5) is 26.4. The van der Waals surface area contributed by atoms with E-state index in [2.05, 4.69) is 0 Å². The average molecular weight is 321 g/mol. The second-order valence-electron chi connectivity index (χ2n) is 5.41. The number of ether oxygens (including phenoxy) is 3. The number of piperidine rings is 1. The first kappa shape index (κ1) is 17.1. The molecule has 1 aliphatic rings. The molecule has 2 rings (SSSR count). The van der Waals surface area contributed by atoms with Gasteiger partial charge in [0.05, 0.1) is 32.3 Å². The fourth-order valence-corrected chi connectivity index (χ4v) is 2.76. The molecule has 23 heavy (non-hydrogen) atoms. The topological polar surface area (TPSA) is 65.1 Å². The zero-order chi connectivity index (χ0) is 16.8. The lowest BCUT2D eigenvalue weighted by molar-refractivity contribution is -0.149. The summed E-state index contributed by atoms with van der Waals surface area (Å²) in [6.07, 6.45) is 1.54. The van der Waals surface area contributed by atoms with Crippen LogP contribution in [-0.4, -0.2) is 50.7 Å². The molecule has 0 aromatic heterocycles. The summed E-state index contributed by atoms with van der Waals surface area (Å²) in [5.41, 5.74) is 0.470. The normalized spacial score (nSPS) is 17.5. The van der Waals surface area contributed by atoms with E-state index < -0.39 is 0 Å². The van der Waals surface area contributed by atoms with Gasteiger partial charge in [-0.25, -0.2) is 0 Å². The summed E-state index contributed by atoms with van der Waals surface area (Å²) in [7, 11) is 3.08. The molecular weight excluding hydrogens is 298 g/mol. The third-order valence-corrected chi connectivity index (χ3v) is 3.97. The summed E-state index contributed by atoms with van der Waals surface area (Å²) in [6.45, 7) is 3.15. The molecule has 0 saturated carbocycles. The van der Waals surface area contributed by atoms with Gasteiger partial charge in [0, 0.05) is 19.2 Å². The Morgan fingerprint density at radius 2 is 2.04 bits per heavy atom.